The summed E-state index contributed by atoms with van der Waals surface area (Å²) in [7, 11) is 0. The van der Waals surface area contributed by atoms with Crippen LogP contribution in [-0.2, 0) is 16.0 Å². The van der Waals surface area contributed by atoms with E-state index in [0.29, 0.717) is 26.4 Å². The molecule has 0 unspecified atom stereocenters. The lowest BCUT2D eigenvalue weighted by atomic mass is 10.2. The van der Waals surface area contributed by atoms with Crippen molar-refractivity contribution in [3.63, 3.8) is 0 Å². The Morgan fingerprint density at radius 1 is 0.947 bits per heavy atom. The van der Waals surface area contributed by atoms with Crippen molar-refractivity contribution in [2.75, 3.05) is 26.4 Å². The van der Waals surface area contributed by atoms with E-state index in [9.17, 15) is 0 Å². The van der Waals surface area contributed by atoms with E-state index in [1.807, 2.05) is 32.9 Å². The van der Waals surface area contributed by atoms with E-state index in [-0.39, 0.29) is 6.29 Å². The molecular weight excluding hydrogens is 242 g/mol. The molecule has 0 aliphatic carbocycles. The van der Waals surface area contributed by atoms with Crippen molar-refractivity contribution in [1.82, 2.24) is 5.32 Å². The van der Waals surface area contributed by atoms with Crippen molar-refractivity contribution < 1.29 is 14.2 Å². The lowest BCUT2D eigenvalue weighted by Crippen LogP contribution is -2.31. The standard InChI is InChI=1S/C15H25NO3/c1-4-17-14-9-7-13(8-10-14)11-16-12-15(18-5-2)19-6-3/h7-10,15-16H,4-6,11-12H2,1-3H3. The van der Waals surface area contributed by atoms with Gasteiger partial charge in [-0.3, -0.25) is 0 Å². The second kappa shape index (κ2) is 9.78. The summed E-state index contributed by atoms with van der Waals surface area (Å²) in [6, 6.07) is 8.11. The van der Waals surface area contributed by atoms with Crippen molar-refractivity contribution in [3.8, 4) is 5.75 Å². The van der Waals surface area contributed by atoms with Crippen LogP contribution in [0, 0.1) is 0 Å². The number of nitrogens with one attached hydrogen (secondary N) is 1. The number of ether oxygens (including phenoxy) is 3. The van der Waals surface area contributed by atoms with Gasteiger partial charge in [-0.1, -0.05) is 12.1 Å². The molecule has 0 saturated heterocycles. The second-order valence-corrected chi connectivity index (χ2v) is 4.05. The van der Waals surface area contributed by atoms with Crippen LogP contribution >= 0.6 is 0 Å². The van der Waals surface area contributed by atoms with Gasteiger partial charge < -0.3 is 19.5 Å². The SMILES string of the molecule is CCOc1ccc(CNCC(OCC)OCC)cc1. The minimum Gasteiger partial charge on any atom is -0.494 e. The summed E-state index contributed by atoms with van der Waals surface area (Å²) in [4.78, 5) is 0. The highest BCUT2D eigenvalue weighted by Gasteiger charge is 2.06. The molecule has 0 aliphatic heterocycles. The molecule has 1 rings (SSSR count). The van der Waals surface area contributed by atoms with Crippen molar-refractivity contribution in [3.05, 3.63) is 29.8 Å². The van der Waals surface area contributed by atoms with Gasteiger partial charge in [0, 0.05) is 26.3 Å². The van der Waals surface area contributed by atoms with Crippen molar-refractivity contribution in [2.24, 2.45) is 0 Å². The molecular formula is C15H25NO3. The third kappa shape index (κ3) is 6.57. The molecule has 4 nitrogen and oxygen atoms in total. The molecule has 0 heterocycles. The first-order chi connectivity index (χ1) is 9.30. The molecule has 1 aromatic carbocycles. The highest BCUT2D eigenvalue weighted by molar-refractivity contribution is 5.27. The van der Waals surface area contributed by atoms with Gasteiger partial charge in [-0.2, -0.15) is 0 Å². The van der Waals surface area contributed by atoms with Crippen molar-refractivity contribution >= 4 is 0 Å². The fraction of sp³-hybridized carbons (Fsp3) is 0.600. The van der Waals surface area contributed by atoms with Gasteiger partial charge in [0.25, 0.3) is 0 Å². The Hall–Kier alpha value is -1.10. The molecule has 19 heavy (non-hydrogen) atoms. The lowest BCUT2D eigenvalue weighted by Gasteiger charge is -2.17. The third-order valence-corrected chi connectivity index (χ3v) is 2.58. The number of benzene rings is 1. The van der Waals surface area contributed by atoms with E-state index >= 15 is 0 Å². The molecule has 0 saturated carbocycles. The molecule has 0 bridgehead atoms. The predicted molar refractivity (Wildman–Crippen MR) is 76.4 cm³/mol. The van der Waals surface area contributed by atoms with Gasteiger partial charge in [0.15, 0.2) is 6.29 Å². The molecule has 1 N–H and O–H groups in total. The Bertz CT molecular complexity index is 321. The van der Waals surface area contributed by atoms with E-state index in [1.165, 1.54) is 5.56 Å². The maximum atomic E-state index is 5.47. The van der Waals surface area contributed by atoms with E-state index in [1.54, 1.807) is 0 Å². The van der Waals surface area contributed by atoms with Crippen LogP contribution in [0.1, 0.15) is 26.3 Å². The average Bonchev–Trinajstić information content (AvgIpc) is 2.41. The molecule has 0 amide bonds. The summed E-state index contributed by atoms with van der Waals surface area (Å²) in [5.41, 5.74) is 1.22. The Morgan fingerprint density at radius 2 is 1.58 bits per heavy atom. The monoisotopic (exact) mass is 267 g/mol. The Morgan fingerprint density at radius 3 is 2.11 bits per heavy atom. The quantitative estimate of drug-likeness (QED) is 0.661. The Kier molecular flexibility index (Phi) is 8.21. The van der Waals surface area contributed by atoms with Gasteiger partial charge in [-0.25, -0.2) is 0 Å². The molecule has 0 radical (unpaired) electrons. The first kappa shape index (κ1) is 16.0. The van der Waals surface area contributed by atoms with Gasteiger partial charge in [-0.15, -0.1) is 0 Å². The third-order valence-electron chi connectivity index (χ3n) is 2.58. The number of rotatable bonds is 10. The fourth-order valence-corrected chi connectivity index (χ4v) is 1.74. The van der Waals surface area contributed by atoms with Crippen molar-refractivity contribution in [1.29, 1.82) is 0 Å². The highest BCUT2D eigenvalue weighted by atomic mass is 16.7. The summed E-state index contributed by atoms with van der Waals surface area (Å²) >= 11 is 0. The second-order valence-electron chi connectivity index (χ2n) is 4.05. The van der Waals surface area contributed by atoms with Crippen LogP contribution < -0.4 is 10.1 Å². The zero-order valence-corrected chi connectivity index (χ0v) is 12.1. The first-order valence-corrected chi connectivity index (χ1v) is 6.95. The molecule has 1 aromatic rings. The Balaban J connectivity index is 2.30. The van der Waals surface area contributed by atoms with E-state index in [4.69, 9.17) is 14.2 Å². The minimum atomic E-state index is -0.169. The maximum absolute atomic E-state index is 5.47. The number of hydrogen-bond acceptors (Lipinski definition) is 4. The topological polar surface area (TPSA) is 39.7 Å². The molecule has 0 spiro atoms. The molecule has 4 heteroatoms. The zero-order chi connectivity index (χ0) is 13.9. The molecule has 0 aromatic heterocycles. The summed E-state index contributed by atoms with van der Waals surface area (Å²) in [6.45, 7) is 9.43. The lowest BCUT2D eigenvalue weighted by molar-refractivity contribution is -0.133. The van der Waals surface area contributed by atoms with Gasteiger partial charge in [0.2, 0.25) is 0 Å². The van der Waals surface area contributed by atoms with Crippen molar-refractivity contribution in [2.45, 2.75) is 33.6 Å². The van der Waals surface area contributed by atoms with Crippen LogP contribution in [0.15, 0.2) is 24.3 Å². The maximum Gasteiger partial charge on any atom is 0.169 e. The zero-order valence-electron chi connectivity index (χ0n) is 12.1. The van der Waals surface area contributed by atoms with E-state index < -0.39 is 0 Å². The van der Waals surface area contributed by atoms with E-state index in [2.05, 4.69) is 17.4 Å². The van der Waals surface area contributed by atoms with Crippen LogP contribution in [0.2, 0.25) is 0 Å². The molecule has 0 atom stereocenters. The minimum absolute atomic E-state index is 0.169. The van der Waals surface area contributed by atoms with E-state index in [0.717, 1.165) is 12.3 Å². The summed E-state index contributed by atoms with van der Waals surface area (Å²) in [5.74, 6) is 0.910. The number of hydrogen-bond donors (Lipinski definition) is 1. The largest absolute Gasteiger partial charge is 0.494 e. The first-order valence-electron chi connectivity index (χ1n) is 6.95. The van der Waals surface area contributed by atoms with Gasteiger partial charge >= 0.3 is 0 Å². The van der Waals surface area contributed by atoms with Crippen LogP contribution in [-0.4, -0.2) is 32.7 Å². The fourth-order valence-electron chi connectivity index (χ4n) is 1.74. The van der Waals surface area contributed by atoms with Crippen LogP contribution in [0.3, 0.4) is 0 Å². The summed E-state index contributed by atoms with van der Waals surface area (Å²) in [5, 5.41) is 3.33. The van der Waals surface area contributed by atoms with Crippen LogP contribution in [0.4, 0.5) is 0 Å². The van der Waals surface area contributed by atoms with Gasteiger partial charge in [0.05, 0.1) is 6.61 Å². The summed E-state index contributed by atoms with van der Waals surface area (Å²) < 4.78 is 16.3. The molecule has 108 valence electrons. The van der Waals surface area contributed by atoms with Gasteiger partial charge in [0.1, 0.15) is 5.75 Å². The molecule has 0 aliphatic rings. The smallest absolute Gasteiger partial charge is 0.169 e. The summed E-state index contributed by atoms with van der Waals surface area (Å²) in [6.07, 6.45) is -0.169. The highest BCUT2D eigenvalue weighted by Crippen LogP contribution is 2.11. The Labute approximate surface area is 116 Å². The van der Waals surface area contributed by atoms with Crippen LogP contribution in [0.25, 0.3) is 0 Å². The normalized spacial score (nSPS) is 10.9. The van der Waals surface area contributed by atoms with Gasteiger partial charge in [-0.05, 0) is 38.5 Å². The average molecular weight is 267 g/mol. The molecule has 0 fully saturated rings. The predicted octanol–water partition coefficient (Wildman–Crippen LogP) is 2.57. The van der Waals surface area contributed by atoms with Crippen LogP contribution in [0.5, 0.6) is 5.75 Å².